The fraction of sp³-hybridized carbons (Fsp3) is 0.500. The second kappa shape index (κ2) is 8.77. The van der Waals surface area contributed by atoms with E-state index in [0.29, 0.717) is 12.0 Å². The van der Waals surface area contributed by atoms with Gasteiger partial charge < -0.3 is 11.9 Å². The van der Waals surface area contributed by atoms with Crippen LogP contribution in [0.2, 0.25) is 0 Å². The monoisotopic (exact) mass is 327 g/mol. The summed E-state index contributed by atoms with van der Waals surface area (Å²) in [5.41, 5.74) is 1.20. The Kier molecular flexibility index (Phi) is 11.4. The van der Waals surface area contributed by atoms with Crippen molar-refractivity contribution in [1.29, 1.82) is 0 Å². The predicted molar refractivity (Wildman–Crippen MR) is 49.5 cm³/mol. The van der Waals surface area contributed by atoms with Crippen molar-refractivity contribution in [3.05, 3.63) is 25.5 Å². The number of allylic oxidation sites excluding steroid dienone is 1. The Hall–Kier alpha value is 1.49. The van der Waals surface area contributed by atoms with Crippen molar-refractivity contribution in [3.8, 4) is 0 Å². The minimum atomic E-state index is 0. The minimum Gasteiger partial charge on any atom is -0.342 e. The molecule has 0 fully saturated rings. The van der Waals surface area contributed by atoms with Crippen LogP contribution in [-0.4, -0.2) is 11.8 Å². The van der Waals surface area contributed by atoms with Gasteiger partial charge in [0.15, 0.2) is 0 Å². The first-order valence-corrected chi connectivity index (χ1v) is 4.12. The zero-order valence-corrected chi connectivity index (χ0v) is 14.1. The topological polar surface area (TPSA) is 12.4 Å². The van der Waals surface area contributed by atoms with Gasteiger partial charge in [-0.15, -0.1) is 0 Å². The van der Waals surface area contributed by atoms with Gasteiger partial charge in [0.1, 0.15) is 0 Å². The molecule has 0 aromatic carbocycles. The van der Waals surface area contributed by atoms with Crippen LogP contribution in [0.15, 0.2) is 17.1 Å². The Morgan fingerprint density at radius 3 is 2.62 bits per heavy atom. The summed E-state index contributed by atoms with van der Waals surface area (Å²) in [5.74, 6) is 0.536. The number of aliphatic imine (C=N–C) groups is 1. The normalized spacial score (nSPS) is 19.7. The van der Waals surface area contributed by atoms with Crippen LogP contribution in [0, 0.1) is 19.3 Å². The van der Waals surface area contributed by atoms with Crippen molar-refractivity contribution in [2.45, 2.75) is 26.3 Å². The van der Waals surface area contributed by atoms with Gasteiger partial charge in [-0.1, -0.05) is 13.8 Å². The molecule has 0 aliphatic carbocycles. The summed E-state index contributed by atoms with van der Waals surface area (Å²) >= 11 is 0. The molecule has 68 valence electrons. The van der Waals surface area contributed by atoms with Gasteiger partial charge in [-0.05, 0) is 17.7 Å². The summed E-state index contributed by atoms with van der Waals surface area (Å²) in [4.78, 5) is 4.51. The Balaban J connectivity index is 0. The van der Waals surface area contributed by atoms with Crippen LogP contribution in [0.5, 0.6) is 0 Å². The van der Waals surface area contributed by atoms with Gasteiger partial charge in [0, 0.05) is 65.4 Å². The van der Waals surface area contributed by atoms with Crippen molar-refractivity contribution in [2.75, 3.05) is 0 Å². The largest absolute Gasteiger partial charge is 0.342 e. The second-order valence-electron chi connectivity index (χ2n) is 3.12. The number of nitrogens with zero attached hydrogens (tertiary/aromatic N) is 1. The van der Waals surface area contributed by atoms with Gasteiger partial charge >= 0.3 is 0 Å². The smallest absolute Gasteiger partial charge is 0 e. The summed E-state index contributed by atoms with van der Waals surface area (Å²) in [7, 11) is 0. The summed E-state index contributed by atoms with van der Waals surface area (Å²) in [5, 5.41) is 0. The molecule has 0 aromatic heterocycles. The Morgan fingerprint density at radius 1 is 1.54 bits per heavy atom. The maximum Gasteiger partial charge on any atom is 0 e. The van der Waals surface area contributed by atoms with Crippen molar-refractivity contribution in [1.82, 2.24) is 0 Å². The molecule has 0 N–H and O–H groups in total. The summed E-state index contributed by atoms with van der Waals surface area (Å²) in [6.07, 6.45) is 7.12. The molecule has 1 aliphatic heterocycles. The molecule has 0 bridgehead atoms. The van der Waals surface area contributed by atoms with E-state index < -0.39 is 0 Å². The van der Waals surface area contributed by atoms with Crippen molar-refractivity contribution >= 4 is 5.71 Å². The molecule has 0 amide bonds. The number of hydrogen-bond acceptors (Lipinski definition) is 1. The molecular weight excluding hydrogens is 312 g/mol. The van der Waals surface area contributed by atoms with Crippen LogP contribution in [0.1, 0.15) is 20.3 Å². The molecule has 0 saturated carbocycles. The fourth-order valence-corrected chi connectivity index (χ4v) is 1.06. The molecular formula is C10H15NY2-2. The Bertz CT molecular complexity index is 185. The predicted octanol–water partition coefficient (Wildman–Crippen LogP) is 2.45. The maximum absolute atomic E-state index is 4.51. The average Bonchev–Trinajstić information content (AvgIpc) is 2.05. The Morgan fingerprint density at radius 2 is 2.15 bits per heavy atom. The first-order valence-electron chi connectivity index (χ1n) is 4.12. The van der Waals surface area contributed by atoms with Crippen LogP contribution in [-0.2, 0) is 65.4 Å². The van der Waals surface area contributed by atoms with Gasteiger partial charge in [-0.25, -0.2) is 12.5 Å². The van der Waals surface area contributed by atoms with E-state index in [-0.39, 0.29) is 65.4 Å². The zero-order chi connectivity index (χ0) is 8.27. The first kappa shape index (κ1) is 16.9. The van der Waals surface area contributed by atoms with Gasteiger partial charge in [0.05, 0.1) is 0 Å². The van der Waals surface area contributed by atoms with E-state index >= 15 is 0 Å². The van der Waals surface area contributed by atoms with Crippen molar-refractivity contribution in [2.24, 2.45) is 10.9 Å². The fourth-order valence-electron chi connectivity index (χ4n) is 1.06. The molecule has 1 heterocycles. The molecule has 0 aromatic rings. The summed E-state index contributed by atoms with van der Waals surface area (Å²) in [6, 6.07) is 0.317. The van der Waals surface area contributed by atoms with Gasteiger partial charge in [-0.2, -0.15) is 12.5 Å². The molecule has 0 unspecified atom stereocenters. The molecule has 1 atom stereocenters. The summed E-state index contributed by atoms with van der Waals surface area (Å²) < 4.78 is 0. The van der Waals surface area contributed by atoms with Crippen LogP contribution in [0.25, 0.3) is 0 Å². The second-order valence-corrected chi connectivity index (χ2v) is 3.12. The third kappa shape index (κ3) is 5.82. The first-order chi connectivity index (χ1) is 5.24. The van der Waals surface area contributed by atoms with Crippen LogP contribution >= 0.6 is 0 Å². The van der Waals surface area contributed by atoms with Gasteiger partial charge in [-0.3, -0.25) is 0 Å². The third-order valence-corrected chi connectivity index (χ3v) is 1.80. The van der Waals surface area contributed by atoms with Gasteiger partial charge in [0.25, 0.3) is 0 Å². The number of hydrogen-bond donors (Lipinski definition) is 0. The summed E-state index contributed by atoms with van der Waals surface area (Å²) in [6.45, 7) is 8.15. The number of rotatable bonds is 2. The Labute approximate surface area is 132 Å². The van der Waals surface area contributed by atoms with Crippen LogP contribution in [0.4, 0.5) is 0 Å². The maximum atomic E-state index is 4.51. The van der Waals surface area contributed by atoms with E-state index in [1.807, 2.05) is 0 Å². The molecule has 0 spiro atoms. The van der Waals surface area contributed by atoms with Crippen LogP contribution in [0.3, 0.4) is 0 Å². The molecule has 1 aliphatic rings. The van der Waals surface area contributed by atoms with Crippen LogP contribution < -0.4 is 0 Å². The van der Waals surface area contributed by atoms with E-state index in [0.717, 1.165) is 6.42 Å². The molecule has 1 rings (SSSR count). The molecule has 2 radical (unpaired) electrons. The number of dihydropyridines is 1. The van der Waals surface area contributed by atoms with E-state index in [1.165, 1.54) is 5.71 Å². The van der Waals surface area contributed by atoms with Crippen molar-refractivity contribution in [3.63, 3.8) is 0 Å². The quantitative estimate of drug-likeness (QED) is 0.691. The minimum absolute atomic E-state index is 0. The van der Waals surface area contributed by atoms with Crippen molar-refractivity contribution < 1.29 is 65.4 Å². The molecule has 13 heavy (non-hydrogen) atoms. The van der Waals surface area contributed by atoms with E-state index in [9.17, 15) is 0 Å². The standard InChI is InChI=1S/C10H15N.2Y/c1-4-9-6-5-7-10(11-9)8(2)3;;/h5-9H,1,4H2,2-3H3;;/q-2;;/t9-;;/m0../s1. The average molecular weight is 327 g/mol. The van der Waals surface area contributed by atoms with E-state index in [2.05, 4.69) is 44.3 Å². The van der Waals surface area contributed by atoms with Gasteiger partial charge in [0.2, 0.25) is 0 Å². The SMILES string of the molecule is [CH2-]C[C@H]1[CH-]C=CC(C(C)C)=N1.[Y].[Y]. The van der Waals surface area contributed by atoms with E-state index in [4.69, 9.17) is 0 Å². The third-order valence-electron chi connectivity index (χ3n) is 1.80. The molecule has 3 heteroatoms. The molecule has 1 nitrogen and oxygen atoms in total. The molecule has 0 saturated heterocycles. The van der Waals surface area contributed by atoms with E-state index in [1.54, 1.807) is 0 Å². The zero-order valence-electron chi connectivity index (χ0n) is 8.40.